The molecule has 0 aliphatic carbocycles. The molecule has 32 heavy (non-hydrogen) atoms. The van der Waals surface area contributed by atoms with E-state index in [1.807, 2.05) is 60.7 Å². The first-order valence-corrected chi connectivity index (χ1v) is 10.6. The lowest BCUT2D eigenvalue weighted by Crippen LogP contribution is -2.19. The lowest BCUT2D eigenvalue weighted by Gasteiger charge is -2.16. The molecular formula is C21H15ClN6O3S. The van der Waals surface area contributed by atoms with Gasteiger partial charge in [-0.1, -0.05) is 71.9 Å². The molecule has 0 radical (unpaired) electrons. The van der Waals surface area contributed by atoms with E-state index in [-0.39, 0.29) is 22.3 Å². The number of carbonyl (C=O) groups excluding carboxylic acids is 1. The maximum Gasteiger partial charge on any atom is 0.289 e. The summed E-state index contributed by atoms with van der Waals surface area (Å²) < 4.78 is 1.54. The molecule has 0 saturated carbocycles. The molecule has 0 fully saturated rings. The Labute approximate surface area is 191 Å². The Morgan fingerprint density at radius 3 is 2.44 bits per heavy atom. The third-order valence-corrected chi connectivity index (χ3v) is 5.92. The zero-order valence-electron chi connectivity index (χ0n) is 16.3. The van der Waals surface area contributed by atoms with Crippen molar-refractivity contribution < 1.29 is 9.72 Å². The number of hydrogen-bond acceptors (Lipinski definition) is 7. The lowest BCUT2D eigenvalue weighted by molar-refractivity contribution is -0.384. The van der Waals surface area contributed by atoms with Crippen LogP contribution in [0.25, 0.3) is 5.69 Å². The van der Waals surface area contributed by atoms with Gasteiger partial charge in [0, 0.05) is 11.8 Å². The number of nitrogens with one attached hydrogen (secondary N) is 1. The van der Waals surface area contributed by atoms with Crippen molar-refractivity contribution in [2.45, 2.75) is 10.4 Å². The molecule has 4 aromatic rings. The van der Waals surface area contributed by atoms with E-state index in [9.17, 15) is 14.9 Å². The van der Waals surface area contributed by atoms with Crippen molar-refractivity contribution in [3.63, 3.8) is 0 Å². The van der Waals surface area contributed by atoms with E-state index in [0.29, 0.717) is 5.16 Å². The van der Waals surface area contributed by atoms with Gasteiger partial charge in [-0.3, -0.25) is 14.9 Å². The molecule has 1 atom stereocenters. The van der Waals surface area contributed by atoms with Crippen LogP contribution >= 0.6 is 23.4 Å². The van der Waals surface area contributed by atoms with Crippen LogP contribution in [-0.2, 0) is 4.79 Å². The number of anilines is 1. The van der Waals surface area contributed by atoms with Gasteiger partial charge >= 0.3 is 0 Å². The molecule has 160 valence electrons. The van der Waals surface area contributed by atoms with Gasteiger partial charge < -0.3 is 5.32 Å². The highest BCUT2D eigenvalue weighted by atomic mass is 35.5. The molecular weight excluding hydrogens is 452 g/mol. The molecule has 0 aliphatic heterocycles. The number of nitro benzene ring substituents is 1. The fraction of sp³-hybridized carbons (Fsp3) is 0.0476. The first-order chi connectivity index (χ1) is 15.5. The zero-order chi connectivity index (χ0) is 22.5. The number of benzene rings is 3. The van der Waals surface area contributed by atoms with Gasteiger partial charge in [-0.05, 0) is 40.3 Å². The summed E-state index contributed by atoms with van der Waals surface area (Å²) in [5, 5.41) is 25.5. The highest BCUT2D eigenvalue weighted by molar-refractivity contribution is 8.00. The average molecular weight is 467 g/mol. The smallest absolute Gasteiger partial charge is 0.289 e. The van der Waals surface area contributed by atoms with Gasteiger partial charge in [-0.25, -0.2) is 0 Å². The van der Waals surface area contributed by atoms with Crippen LogP contribution in [0.2, 0.25) is 5.02 Å². The number of rotatable bonds is 7. The highest BCUT2D eigenvalue weighted by Crippen LogP contribution is 2.36. The zero-order valence-corrected chi connectivity index (χ0v) is 17.9. The molecule has 1 aromatic heterocycles. The van der Waals surface area contributed by atoms with Gasteiger partial charge in [0.15, 0.2) is 0 Å². The number of aromatic nitrogens is 4. The SMILES string of the molecule is O=C(Nc1ccc(Cl)c([N+](=O)[O-])c1)C(Sc1nnnn1-c1ccccc1)c1ccccc1. The normalized spacial score (nSPS) is 11.7. The minimum atomic E-state index is -0.723. The first-order valence-electron chi connectivity index (χ1n) is 9.33. The molecule has 1 N–H and O–H groups in total. The number of amides is 1. The van der Waals surface area contributed by atoms with Crippen LogP contribution in [0.5, 0.6) is 0 Å². The molecule has 0 saturated heterocycles. The maximum atomic E-state index is 13.2. The third kappa shape index (κ3) is 4.76. The van der Waals surface area contributed by atoms with Gasteiger partial charge in [-0.2, -0.15) is 4.68 Å². The summed E-state index contributed by atoms with van der Waals surface area (Å²) in [5.41, 5.74) is 1.44. The second-order valence-electron chi connectivity index (χ2n) is 6.53. The third-order valence-electron chi connectivity index (χ3n) is 4.42. The standard InChI is InChI=1S/C21H15ClN6O3S/c22-17-12-11-15(13-18(17)28(30)31)23-20(29)19(14-7-3-1-4-8-14)32-21-24-25-26-27(21)16-9-5-2-6-10-16/h1-13,19H,(H,23,29). The second-order valence-corrected chi connectivity index (χ2v) is 8.01. The van der Waals surface area contributed by atoms with Crippen LogP contribution < -0.4 is 5.32 Å². The van der Waals surface area contributed by atoms with Crippen LogP contribution in [0.3, 0.4) is 0 Å². The Kier molecular flexibility index (Phi) is 6.43. The van der Waals surface area contributed by atoms with E-state index in [2.05, 4.69) is 20.8 Å². The number of nitro groups is 1. The van der Waals surface area contributed by atoms with Crippen molar-refractivity contribution >= 4 is 40.6 Å². The quantitative estimate of drug-likeness (QED) is 0.238. The predicted molar refractivity (Wildman–Crippen MR) is 121 cm³/mol. The summed E-state index contributed by atoms with van der Waals surface area (Å²) in [5.74, 6) is -0.388. The van der Waals surface area contributed by atoms with Crippen LogP contribution in [0.1, 0.15) is 10.8 Å². The van der Waals surface area contributed by atoms with Gasteiger partial charge in [0.25, 0.3) is 5.69 Å². The molecule has 1 heterocycles. The fourth-order valence-electron chi connectivity index (χ4n) is 2.93. The van der Waals surface area contributed by atoms with E-state index >= 15 is 0 Å². The van der Waals surface area contributed by atoms with Crippen molar-refractivity contribution in [2.24, 2.45) is 0 Å². The molecule has 3 aromatic carbocycles. The molecule has 0 bridgehead atoms. The van der Waals surface area contributed by atoms with E-state index in [4.69, 9.17) is 11.6 Å². The summed E-state index contributed by atoms with van der Waals surface area (Å²) in [7, 11) is 0. The average Bonchev–Trinajstić information content (AvgIpc) is 3.28. The predicted octanol–water partition coefficient (Wildman–Crippen LogP) is 4.70. The Morgan fingerprint density at radius 1 is 1.06 bits per heavy atom. The summed E-state index contributed by atoms with van der Waals surface area (Å²) in [4.78, 5) is 23.8. The monoisotopic (exact) mass is 466 g/mol. The van der Waals surface area contributed by atoms with E-state index in [1.165, 1.54) is 30.0 Å². The van der Waals surface area contributed by atoms with E-state index < -0.39 is 10.2 Å². The van der Waals surface area contributed by atoms with Gasteiger partial charge in [-0.15, -0.1) is 5.10 Å². The highest BCUT2D eigenvalue weighted by Gasteiger charge is 2.26. The molecule has 4 rings (SSSR count). The Balaban J connectivity index is 1.65. The van der Waals surface area contributed by atoms with Gasteiger partial charge in [0.2, 0.25) is 11.1 Å². The molecule has 0 aliphatic rings. The molecule has 11 heteroatoms. The number of para-hydroxylation sites is 1. The Hall–Kier alpha value is -3.76. The van der Waals surface area contributed by atoms with Crippen molar-refractivity contribution in [1.82, 2.24) is 20.2 Å². The van der Waals surface area contributed by atoms with Crippen molar-refractivity contribution in [3.05, 3.63) is 99.6 Å². The van der Waals surface area contributed by atoms with Gasteiger partial charge in [0.1, 0.15) is 10.3 Å². The molecule has 1 unspecified atom stereocenters. The second kappa shape index (κ2) is 9.58. The van der Waals surface area contributed by atoms with Crippen LogP contribution in [-0.4, -0.2) is 31.0 Å². The lowest BCUT2D eigenvalue weighted by atomic mass is 10.1. The van der Waals surface area contributed by atoms with Crippen molar-refractivity contribution in [2.75, 3.05) is 5.32 Å². The number of halogens is 1. The Bertz CT molecular complexity index is 1250. The van der Waals surface area contributed by atoms with Crippen LogP contribution in [0.15, 0.2) is 84.0 Å². The largest absolute Gasteiger partial charge is 0.325 e. The van der Waals surface area contributed by atoms with Gasteiger partial charge in [0.05, 0.1) is 10.6 Å². The van der Waals surface area contributed by atoms with E-state index in [0.717, 1.165) is 11.3 Å². The van der Waals surface area contributed by atoms with Crippen molar-refractivity contribution in [1.29, 1.82) is 0 Å². The summed E-state index contributed by atoms with van der Waals surface area (Å²) >= 11 is 7.04. The first kappa shape index (κ1) is 21.5. The maximum absolute atomic E-state index is 13.2. The number of tetrazole rings is 1. The minimum absolute atomic E-state index is 0.0102. The summed E-state index contributed by atoms with van der Waals surface area (Å²) in [6.45, 7) is 0. The molecule has 9 nitrogen and oxygen atoms in total. The number of carbonyl (C=O) groups is 1. The fourth-order valence-corrected chi connectivity index (χ4v) is 4.11. The number of thioether (sulfide) groups is 1. The van der Waals surface area contributed by atoms with Crippen LogP contribution in [0, 0.1) is 10.1 Å². The topological polar surface area (TPSA) is 116 Å². The summed E-state index contributed by atoms with van der Waals surface area (Å²) in [6, 6.07) is 22.5. The summed E-state index contributed by atoms with van der Waals surface area (Å²) in [6.07, 6.45) is 0. The number of nitrogens with zero attached hydrogens (tertiary/aromatic N) is 5. The van der Waals surface area contributed by atoms with E-state index in [1.54, 1.807) is 4.68 Å². The number of hydrogen-bond donors (Lipinski definition) is 1. The Morgan fingerprint density at radius 2 is 1.75 bits per heavy atom. The molecule has 1 amide bonds. The minimum Gasteiger partial charge on any atom is -0.325 e. The van der Waals surface area contributed by atoms with Crippen molar-refractivity contribution in [3.8, 4) is 5.69 Å². The molecule has 0 spiro atoms. The van der Waals surface area contributed by atoms with Crippen LogP contribution in [0.4, 0.5) is 11.4 Å².